The molecule has 1 N–H and O–H groups in total. The van der Waals surface area contributed by atoms with Gasteiger partial charge in [0.25, 0.3) is 0 Å². The predicted molar refractivity (Wildman–Crippen MR) is 125 cm³/mol. The van der Waals surface area contributed by atoms with Crippen molar-refractivity contribution in [2.24, 2.45) is 0 Å². The molecule has 1 aliphatic rings. The van der Waals surface area contributed by atoms with Crippen molar-refractivity contribution in [3.8, 4) is 5.75 Å². The minimum Gasteiger partial charge on any atom is -0.489 e. The fraction of sp³-hybridized carbons (Fsp3) is 0.500. The number of aryl methyl sites for hydroxylation is 2. The van der Waals surface area contributed by atoms with E-state index in [4.69, 9.17) is 9.15 Å². The van der Waals surface area contributed by atoms with E-state index in [1.54, 1.807) is 19.1 Å². The van der Waals surface area contributed by atoms with Crippen LogP contribution in [0.1, 0.15) is 68.3 Å². The van der Waals surface area contributed by atoms with E-state index in [1.807, 2.05) is 13.8 Å². The Labute approximate surface area is 195 Å². The smallest absolute Gasteiger partial charge is 0.243 e. The lowest BCUT2D eigenvalue weighted by molar-refractivity contribution is -0.116. The molecule has 0 atom stereocenters. The molecule has 33 heavy (non-hydrogen) atoms. The van der Waals surface area contributed by atoms with Gasteiger partial charge in [-0.25, -0.2) is 8.42 Å². The molecule has 1 saturated heterocycles. The van der Waals surface area contributed by atoms with Crippen LogP contribution in [0, 0.1) is 6.92 Å². The summed E-state index contributed by atoms with van der Waals surface area (Å²) in [7, 11) is -3.65. The molecule has 0 unspecified atom stereocenters. The van der Waals surface area contributed by atoms with Gasteiger partial charge in [0.15, 0.2) is 5.78 Å². The maximum atomic E-state index is 13.1. The number of carbonyl (C=O) groups excluding carboxylic acids is 2. The van der Waals surface area contributed by atoms with E-state index < -0.39 is 10.0 Å². The molecule has 0 aliphatic carbocycles. The monoisotopic (exact) mass is 476 g/mol. The summed E-state index contributed by atoms with van der Waals surface area (Å²) in [5, 5.41) is 2.79. The molecule has 0 spiro atoms. The highest BCUT2D eigenvalue weighted by Gasteiger charge is 2.27. The zero-order valence-corrected chi connectivity index (χ0v) is 20.5. The molecule has 9 heteroatoms. The van der Waals surface area contributed by atoms with Gasteiger partial charge in [-0.05, 0) is 64.8 Å². The number of sulfonamides is 1. The lowest BCUT2D eigenvalue weighted by Crippen LogP contribution is -2.35. The van der Waals surface area contributed by atoms with Crippen molar-refractivity contribution >= 4 is 27.4 Å². The molecule has 3 rings (SSSR count). The molecule has 2 heterocycles. The third-order valence-electron chi connectivity index (χ3n) is 5.49. The van der Waals surface area contributed by atoms with Gasteiger partial charge in [0.1, 0.15) is 17.3 Å². The van der Waals surface area contributed by atoms with E-state index in [1.165, 1.54) is 23.4 Å². The van der Waals surface area contributed by atoms with E-state index in [0.29, 0.717) is 48.0 Å². The number of Topliss-reactive ketones (excluding diaryl/α,β-unsaturated/α-hetero) is 1. The van der Waals surface area contributed by atoms with Crippen molar-refractivity contribution < 1.29 is 27.2 Å². The number of carbonyl (C=O) groups is 2. The van der Waals surface area contributed by atoms with Gasteiger partial charge in [0.2, 0.25) is 15.9 Å². The van der Waals surface area contributed by atoms with Gasteiger partial charge in [0, 0.05) is 25.9 Å². The van der Waals surface area contributed by atoms with Gasteiger partial charge in [-0.2, -0.15) is 4.31 Å². The first-order chi connectivity index (χ1) is 15.6. The lowest BCUT2D eigenvalue weighted by Gasteiger charge is -2.26. The summed E-state index contributed by atoms with van der Waals surface area (Å²) in [6, 6.07) is 6.22. The normalized spacial score (nSPS) is 14.9. The van der Waals surface area contributed by atoms with Crippen LogP contribution in [0.4, 0.5) is 5.69 Å². The fourth-order valence-corrected chi connectivity index (χ4v) is 5.39. The molecule has 1 aliphatic heterocycles. The molecule has 1 amide bonds. The van der Waals surface area contributed by atoms with Crippen LogP contribution in [0.5, 0.6) is 5.75 Å². The molecule has 0 saturated carbocycles. The lowest BCUT2D eigenvalue weighted by atomic mass is 10.1. The Hall–Kier alpha value is -2.65. The molecule has 0 radical (unpaired) electrons. The Bertz CT molecular complexity index is 1110. The maximum absolute atomic E-state index is 13.1. The number of ketones is 1. The highest BCUT2D eigenvalue weighted by molar-refractivity contribution is 7.89. The minimum atomic E-state index is -3.65. The standard InChI is InChI=1S/C24H32N2O6S/c1-16(2)31-23-10-9-20(33(29,30)26-12-6-5-7-13-26)15-22(23)25-24(28)11-8-19-14-21(17(3)27)18(4)32-19/h9-10,14-16H,5-8,11-13H2,1-4H3,(H,25,28). The minimum absolute atomic E-state index is 0.0887. The average molecular weight is 477 g/mol. The van der Waals surface area contributed by atoms with Crippen LogP contribution in [0.3, 0.4) is 0 Å². The number of hydrogen-bond donors (Lipinski definition) is 1. The first-order valence-electron chi connectivity index (χ1n) is 11.3. The van der Waals surface area contributed by atoms with Crippen molar-refractivity contribution in [2.45, 2.75) is 70.8 Å². The van der Waals surface area contributed by atoms with Gasteiger partial charge < -0.3 is 14.5 Å². The Morgan fingerprint density at radius 2 is 1.85 bits per heavy atom. The summed E-state index contributed by atoms with van der Waals surface area (Å²) in [5.41, 5.74) is 0.820. The number of benzene rings is 1. The van der Waals surface area contributed by atoms with Crippen molar-refractivity contribution in [1.82, 2.24) is 4.31 Å². The molecule has 1 fully saturated rings. The van der Waals surface area contributed by atoms with Crippen molar-refractivity contribution in [3.63, 3.8) is 0 Å². The topological polar surface area (TPSA) is 106 Å². The predicted octanol–water partition coefficient (Wildman–Crippen LogP) is 4.32. The molecule has 1 aromatic heterocycles. The third-order valence-corrected chi connectivity index (χ3v) is 7.38. The number of nitrogens with one attached hydrogen (secondary N) is 1. The zero-order chi connectivity index (χ0) is 24.2. The van der Waals surface area contributed by atoms with E-state index in [-0.39, 0.29) is 29.1 Å². The van der Waals surface area contributed by atoms with Crippen LogP contribution >= 0.6 is 0 Å². The summed E-state index contributed by atoms with van der Waals surface area (Å²) < 4.78 is 39.0. The van der Waals surface area contributed by atoms with Crippen LogP contribution < -0.4 is 10.1 Å². The number of ether oxygens (including phenoxy) is 1. The summed E-state index contributed by atoms with van der Waals surface area (Å²) in [5.74, 6) is 1.08. The number of nitrogens with zero attached hydrogens (tertiary/aromatic N) is 1. The number of hydrogen-bond acceptors (Lipinski definition) is 6. The van der Waals surface area contributed by atoms with Crippen molar-refractivity contribution in [2.75, 3.05) is 18.4 Å². The number of rotatable bonds is 9. The van der Waals surface area contributed by atoms with Crippen molar-refractivity contribution in [1.29, 1.82) is 0 Å². The van der Waals surface area contributed by atoms with Gasteiger partial charge >= 0.3 is 0 Å². The van der Waals surface area contributed by atoms with E-state index in [0.717, 1.165) is 19.3 Å². The van der Waals surface area contributed by atoms with E-state index >= 15 is 0 Å². The van der Waals surface area contributed by atoms with Crippen LogP contribution in [0.15, 0.2) is 33.6 Å². The second kappa shape index (κ2) is 10.5. The third kappa shape index (κ3) is 6.23. The van der Waals surface area contributed by atoms with Crippen LogP contribution in [0.2, 0.25) is 0 Å². The van der Waals surface area contributed by atoms with Gasteiger partial charge in [0.05, 0.1) is 22.3 Å². The quantitative estimate of drug-likeness (QED) is 0.540. The van der Waals surface area contributed by atoms with Gasteiger partial charge in [-0.3, -0.25) is 9.59 Å². The summed E-state index contributed by atoms with van der Waals surface area (Å²) in [6.45, 7) is 7.89. The molecular formula is C24H32N2O6S. The number of piperidine rings is 1. The summed E-state index contributed by atoms with van der Waals surface area (Å²) >= 11 is 0. The number of furan rings is 1. The molecule has 8 nitrogen and oxygen atoms in total. The van der Waals surface area contributed by atoms with E-state index in [2.05, 4.69) is 5.32 Å². The second-order valence-electron chi connectivity index (χ2n) is 8.58. The second-order valence-corrected chi connectivity index (χ2v) is 10.5. The number of anilines is 1. The van der Waals surface area contributed by atoms with Crippen molar-refractivity contribution in [3.05, 3.63) is 41.3 Å². The SMILES string of the molecule is CC(=O)c1cc(CCC(=O)Nc2cc(S(=O)(=O)N3CCCCC3)ccc2OC(C)C)oc1C. The van der Waals surface area contributed by atoms with Crippen LogP contribution in [-0.4, -0.2) is 43.6 Å². The molecule has 0 bridgehead atoms. The highest BCUT2D eigenvalue weighted by Crippen LogP contribution is 2.31. The Morgan fingerprint density at radius 1 is 1.15 bits per heavy atom. The summed E-state index contributed by atoms with van der Waals surface area (Å²) in [6.07, 6.45) is 2.98. The highest BCUT2D eigenvalue weighted by atomic mass is 32.2. The van der Waals surface area contributed by atoms with Gasteiger partial charge in [-0.15, -0.1) is 0 Å². The maximum Gasteiger partial charge on any atom is 0.243 e. The molecule has 180 valence electrons. The molecule has 2 aromatic rings. The van der Waals surface area contributed by atoms with Gasteiger partial charge in [-0.1, -0.05) is 6.42 Å². The first kappa shape index (κ1) is 25.0. The Morgan fingerprint density at radius 3 is 2.45 bits per heavy atom. The molecule has 1 aromatic carbocycles. The molecular weight excluding hydrogens is 444 g/mol. The first-order valence-corrected chi connectivity index (χ1v) is 12.7. The average Bonchev–Trinajstić information content (AvgIpc) is 3.14. The Kier molecular flexibility index (Phi) is 7.97. The largest absolute Gasteiger partial charge is 0.489 e. The van der Waals surface area contributed by atoms with Crippen LogP contribution in [0.25, 0.3) is 0 Å². The zero-order valence-electron chi connectivity index (χ0n) is 19.6. The Balaban J connectivity index is 1.77. The summed E-state index contributed by atoms with van der Waals surface area (Å²) in [4.78, 5) is 24.4. The number of amides is 1. The van der Waals surface area contributed by atoms with Crippen LogP contribution in [-0.2, 0) is 21.2 Å². The van der Waals surface area contributed by atoms with E-state index in [9.17, 15) is 18.0 Å². The fourth-order valence-electron chi connectivity index (χ4n) is 3.84.